The molecule has 2 aromatic rings. The number of hydrogen-bond donors (Lipinski definition) is 1. The van der Waals surface area contributed by atoms with Gasteiger partial charge in [-0.3, -0.25) is 0 Å². The highest BCUT2D eigenvalue weighted by Crippen LogP contribution is 2.20. The van der Waals surface area contributed by atoms with E-state index in [0.717, 1.165) is 19.4 Å². The first kappa shape index (κ1) is 10.9. The normalized spacial score (nSPS) is 10.3. The van der Waals surface area contributed by atoms with Crippen LogP contribution >= 0.6 is 0 Å². The van der Waals surface area contributed by atoms with Crippen LogP contribution in [0, 0.1) is 6.07 Å². The smallest absolute Gasteiger partial charge is 0.00741 e. The monoisotopic (exact) mass is 210 g/mol. The van der Waals surface area contributed by atoms with E-state index in [2.05, 4.69) is 36.4 Å². The molecule has 0 aliphatic rings. The number of hydrogen-bond acceptors (Lipinski definition) is 1. The molecule has 0 fully saturated rings. The van der Waals surface area contributed by atoms with E-state index in [1.165, 1.54) is 16.7 Å². The fraction of sp³-hybridized carbons (Fsp3) is 0.200. The third-order valence-corrected chi connectivity index (χ3v) is 2.64. The second kappa shape index (κ2) is 5.47. The minimum atomic E-state index is 0.753. The molecule has 0 heterocycles. The predicted molar refractivity (Wildman–Crippen MR) is 68.1 cm³/mol. The molecule has 1 radical (unpaired) electrons. The highest BCUT2D eigenvalue weighted by Gasteiger charge is 1.98. The van der Waals surface area contributed by atoms with Crippen molar-refractivity contribution in [2.75, 3.05) is 6.54 Å². The Morgan fingerprint density at radius 3 is 2.69 bits per heavy atom. The van der Waals surface area contributed by atoms with Crippen molar-refractivity contribution >= 4 is 0 Å². The third kappa shape index (κ3) is 2.71. The molecular formula is C15H16N. The molecule has 0 bridgehead atoms. The maximum Gasteiger partial charge on any atom is -0.00741 e. The Morgan fingerprint density at radius 1 is 1.06 bits per heavy atom. The van der Waals surface area contributed by atoms with Crippen LogP contribution in [0.25, 0.3) is 11.1 Å². The zero-order chi connectivity index (χ0) is 11.2. The largest absolute Gasteiger partial charge is 0.330 e. The summed E-state index contributed by atoms with van der Waals surface area (Å²) in [6, 6.07) is 19.8. The van der Waals surface area contributed by atoms with Gasteiger partial charge in [0.1, 0.15) is 0 Å². The molecule has 81 valence electrons. The Labute approximate surface area is 96.9 Å². The molecule has 2 N–H and O–H groups in total. The second-order valence-corrected chi connectivity index (χ2v) is 3.88. The van der Waals surface area contributed by atoms with Crippen LogP contribution in [0.5, 0.6) is 0 Å². The van der Waals surface area contributed by atoms with Gasteiger partial charge in [-0.1, -0.05) is 42.5 Å². The summed E-state index contributed by atoms with van der Waals surface area (Å²) in [5.41, 5.74) is 9.35. The van der Waals surface area contributed by atoms with Crippen molar-refractivity contribution in [1.82, 2.24) is 0 Å². The molecule has 0 spiro atoms. The van der Waals surface area contributed by atoms with Crippen molar-refractivity contribution in [2.24, 2.45) is 5.73 Å². The van der Waals surface area contributed by atoms with Gasteiger partial charge < -0.3 is 5.73 Å². The molecule has 1 heteroatoms. The van der Waals surface area contributed by atoms with Gasteiger partial charge in [-0.2, -0.15) is 0 Å². The van der Waals surface area contributed by atoms with E-state index in [4.69, 9.17) is 5.73 Å². The zero-order valence-electron chi connectivity index (χ0n) is 9.32. The van der Waals surface area contributed by atoms with Crippen molar-refractivity contribution < 1.29 is 0 Å². The summed E-state index contributed by atoms with van der Waals surface area (Å²) in [4.78, 5) is 0. The first-order chi connectivity index (χ1) is 7.90. The first-order valence-corrected chi connectivity index (χ1v) is 5.65. The molecule has 1 nitrogen and oxygen atoms in total. The van der Waals surface area contributed by atoms with Crippen molar-refractivity contribution in [3.63, 3.8) is 0 Å². The van der Waals surface area contributed by atoms with E-state index < -0.39 is 0 Å². The molecule has 0 aliphatic carbocycles. The van der Waals surface area contributed by atoms with E-state index in [9.17, 15) is 0 Å². The van der Waals surface area contributed by atoms with Gasteiger partial charge in [0.2, 0.25) is 0 Å². The second-order valence-electron chi connectivity index (χ2n) is 3.88. The molecule has 0 atom stereocenters. The van der Waals surface area contributed by atoms with Crippen LogP contribution in [-0.4, -0.2) is 6.54 Å². The van der Waals surface area contributed by atoms with Crippen molar-refractivity contribution in [1.29, 1.82) is 0 Å². The topological polar surface area (TPSA) is 26.0 Å². The molecule has 16 heavy (non-hydrogen) atoms. The van der Waals surface area contributed by atoms with Gasteiger partial charge in [0, 0.05) is 0 Å². The van der Waals surface area contributed by atoms with Crippen LogP contribution in [0.4, 0.5) is 0 Å². The lowest BCUT2D eigenvalue weighted by molar-refractivity contribution is 0.833. The standard InChI is InChI=1S/C15H16N/c16-11-5-7-13-6-4-10-15(12-13)14-8-2-1-3-9-14/h1-2,4,6,8-10,12H,5,7,11,16H2. The average Bonchev–Trinajstić information content (AvgIpc) is 2.38. The zero-order valence-corrected chi connectivity index (χ0v) is 9.32. The highest BCUT2D eigenvalue weighted by molar-refractivity contribution is 5.63. The number of rotatable bonds is 4. The molecule has 2 rings (SSSR count). The SMILES string of the molecule is NCCCc1cccc(-c2c[c]ccc2)c1. The minimum absolute atomic E-state index is 0.753. The maximum absolute atomic E-state index is 5.52. The number of nitrogens with two attached hydrogens (primary N) is 1. The van der Waals surface area contributed by atoms with Gasteiger partial charge in [0.05, 0.1) is 0 Å². The summed E-state index contributed by atoms with van der Waals surface area (Å²) in [7, 11) is 0. The molecule has 0 unspecified atom stereocenters. The maximum atomic E-state index is 5.52. The molecule has 0 aromatic heterocycles. The Morgan fingerprint density at radius 2 is 1.94 bits per heavy atom. The van der Waals surface area contributed by atoms with Crippen LogP contribution in [0.3, 0.4) is 0 Å². The summed E-state index contributed by atoms with van der Waals surface area (Å²) in [5.74, 6) is 0. The van der Waals surface area contributed by atoms with Crippen LogP contribution in [0.1, 0.15) is 12.0 Å². The van der Waals surface area contributed by atoms with E-state index in [1.54, 1.807) is 0 Å². The first-order valence-electron chi connectivity index (χ1n) is 5.65. The predicted octanol–water partition coefficient (Wildman–Crippen LogP) is 3.05. The fourth-order valence-corrected chi connectivity index (χ4v) is 1.79. The fourth-order valence-electron chi connectivity index (χ4n) is 1.79. The molecule has 0 saturated carbocycles. The molecule has 0 amide bonds. The Bertz CT molecular complexity index is 434. The van der Waals surface area contributed by atoms with Crippen molar-refractivity contribution in [3.05, 3.63) is 60.2 Å². The van der Waals surface area contributed by atoms with Crippen LogP contribution in [0.2, 0.25) is 0 Å². The van der Waals surface area contributed by atoms with Crippen molar-refractivity contribution in [2.45, 2.75) is 12.8 Å². The molecule has 2 aromatic carbocycles. The summed E-state index contributed by atoms with van der Waals surface area (Å²) in [6.07, 6.45) is 2.10. The Hall–Kier alpha value is -1.60. The minimum Gasteiger partial charge on any atom is -0.330 e. The van der Waals surface area contributed by atoms with Crippen LogP contribution in [-0.2, 0) is 6.42 Å². The van der Waals surface area contributed by atoms with Gasteiger partial charge in [-0.15, -0.1) is 0 Å². The third-order valence-electron chi connectivity index (χ3n) is 2.64. The van der Waals surface area contributed by atoms with Crippen molar-refractivity contribution in [3.8, 4) is 11.1 Å². The lowest BCUT2D eigenvalue weighted by Crippen LogP contribution is -2.00. The van der Waals surface area contributed by atoms with E-state index >= 15 is 0 Å². The molecule has 0 aliphatic heterocycles. The molecule has 0 saturated heterocycles. The molecular weight excluding hydrogens is 194 g/mol. The summed E-state index contributed by atoms with van der Waals surface area (Å²) >= 11 is 0. The van der Waals surface area contributed by atoms with Gasteiger partial charge in [0.25, 0.3) is 0 Å². The van der Waals surface area contributed by atoms with Crippen LogP contribution < -0.4 is 5.73 Å². The van der Waals surface area contributed by atoms with Gasteiger partial charge in [-0.25, -0.2) is 0 Å². The summed E-state index contributed by atoms with van der Waals surface area (Å²) < 4.78 is 0. The summed E-state index contributed by atoms with van der Waals surface area (Å²) in [5, 5.41) is 0. The quantitative estimate of drug-likeness (QED) is 0.824. The number of aryl methyl sites for hydroxylation is 1. The van der Waals surface area contributed by atoms with Crippen LogP contribution in [0.15, 0.2) is 48.5 Å². The lowest BCUT2D eigenvalue weighted by atomic mass is 10.0. The summed E-state index contributed by atoms with van der Waals surface area (Å²) in [6.45, 7) is 0.753. The van der Waals surface area contributed by atoms with Gasteiger partial charge in [-0.05, 0) is 48.2 Å². The van der Waals surface area contributed by atoms with Gasteiger partial charge in [0.15, 0.2) is 0 Å². The number of benzene rings is 2. The Balaban J connectivity index is 2.22. The average molecular weight is 210 g/mol. The van der Waals surface area contributed by atoms with E-state index in [0.29, 0.717) is 0 Å². The van der Waals surface area contributed by atoms with E-state index in [1.807, 2.05) is 18.2 Å². The van der Waals surface area contributed by atoms with E-state index in [-0.39, 0.29) is 0 Å². The Kier molecular flexibility index (Phi) is 3.73. The lowest BCUT2D eigenvalue weighted by Gasteiger charge is -2.04. The van der Waals surface area contributed by atoms with Gasteiger partial charge >= 0.3 is 0 Å². The highest BCUT2D eigenvalue weighted by atomic mass is 14.5.